The van der Waals surface area contributed by atoms with E-state index in [2.05, 4.69) is 4.99 Å². The summed E-state index contributed by atoms with van der Waals surface area (Å²) >= 11 is 1.07. The van der Waals surface area contributed by atoms with Gasteiger partial charge in [-0.25, -0.2) is 9.79 Å². The van der Waals surface area contributed by atoms with Crippen molar-refractivity contribution in [2.75, 3.05) is 20.8 Å². The molecule has 0 fully saturated rings. The average molecular weight is 500 g/mol. The van der Waals surface area contributed by atoms with Gasteiger partial charge in [-0.2, -0.15) is 0 Å². The number of thiazole rings is 1. The third-order valence-corrected chi connectivity index (χ3v) is 6.30. The number of esters is 1. The fraction of sp³-hybridized carbons (Fsp3) is 0.261. The van der Waals surface area contributed by atoms with Crippen LogP contribution in [-0.2, 0) is 9.53 Å². The van der Waals surface area contributed by atoms with Crippen molar-refractivity contribution >= 4 is 29.3 Å². The van der Waals surface area contributed by atoms with Gasteiger partial charge >= 0.3 is 11.9 Å². The van der Waals surface area contributed by atoms with E-state index in [1.54, 1.807) is 32.0 Å². The topological polar surface area (TPSA) is 135 Å². The molecule has 1 aliphatic heterocycles. The van der Waals surface area contributed by atoms with Crippen molar-refractivity contribution in [3.05, 3.63) is 82.7 Å². The van der Waals surface area contributed by atoms with Crippen LogP contribution in [0, 0.1) is 10.1 Å². The summed E-state index contributed by atoms with van der Waals surface area (Å²) < 4.78 is 22.9. The van der Waals surface area contributed by atoms with Crippen molar-refractivity contribution in [2.45, 2.75) is 19.9 Å². The third kappa shape index (κ3) is 4.35. The average Bonchev–Trinajstić information content (AvgIpc) is 3.42. The third-order valence-electron chi connectivity index (χ3n) is 5.32. The van der Waals surface area contributed by atoms with Crippen molar-refractivity contribution in [3.63, 3.8) is 0 Å². The van der Waals surface area contributed by atoms with Gasteiger partial charge in [-0.15, -0.1) is 0 Å². The molecule has 11 nitrogen and oxygen atoms in total. The number of ether oxygens (including phenoxy) is 3. The summed E-state index contributed by atoms with van der Waals surface area (Å²) in [6, 6.07) is 6.79. The number of benzene rings is 1. The minimum Gasteiger partial charge on any atom is -0.497 e. The predicted molar refractivity (Wildman–Crippen MR) is 125 cm³/mol. The molecule has 0 saturated carbocycles. The number of fused-ring (bicyclic) bond motifs is 1. The minimum absolute atomic E-state index is 0.141. The second kappa shape index (κ2) is 9.58. The van der Waals surface area contributed by atoms with E-state index in [1.165, 1.54) is 37.0 Å². The molecule has 0 bridgehead atoms. The van der Waals surface area contributed by atoms with Crippen LogP contribution in [0.5, 0.6) is 11.5 Å². The quantitative estimate of drug-likeness (QED) is 0.275. The van der Waals surface area contributed by atoms with Gasteiger partial charge in [0.2, 0.25) is 0 Å². The van der Waals surface area contributed by atoms with E-state index in [0.717, 1.165) is 11.3 Å². The molecular weight excluding hydrogens is 478 g/mol. The highest BCUT2D eigenvalue weighted by Gasteiger charge is 2.35. The molecule has 0 amide bonds. The molecule has 3 heterocycles. The number of methoxy groups -OCH3 is 2. The number of nitro groups is 1. The molecule has 35 heavy (non-hydrogen) atoms. The Balaban J connectivity index is 1.97. The Morgan fingerprint density at radius 1 is 1.29 bits per heavy atom. The molecule has 0 saturated heterocycles. The van der Waals surface area contributed by atoms with E-state index in [9.17, 15) is 19.7 Å². The monoisotopic (exact) mass is 499 g/mol. The fourth-order valence-corrected chi connectivity index (χ4v) is 4.80. The molecule has 4 rings (SSSR count). The number of rotatable bonds is 7. The maximum atomic E-state index is 13.6. The highest BCUT2D eigenvalue weighted by Crippen LogP contribution is 2.37. The lowest BCUT2D eigenvalue weighted by atomic mass is 9.95. The second-order valence-corrected chi connectivity index (χ2v) is 8.35. The van der Waals surface area contributed by atoms with Gasteiger partial charge in [0, 0.05) is 17.7 Å². The highest BCUT2D eigenvalue weighted by molar-refractivity contribution is 7.07. The fourth-order valence-electron chi connectivity index (χ4n) is 3.78. The number of carbonyl (C=O) groups excluding carboxylic acids is 1. The van der Waals surface area contributed by atoms with Crippen molar-refractivity contribution in [3.8, 4) is 11.5 Å². The molecule has 1 aliphatic rings. The normalized spacial score (nSPS) is 15.4. The van der Waals surface area contributed by atoms with Crippen LogP contribution in [0.15, 0.2) is 55.8 Å². The molecule has 0 spiro atoms. The van der Waals surface area contributed by atoms with Crippen LogP contribution in [-0.4, -0.2) is 36.3 Å². The number of hydrogen-bond donors (Lipinski definition) is 0. The standard InChI is InChI=1S/C23H21N3O8S/c1-5-33-22(28)19-12(2)24-23-25(20(19)15-8-6-13(31-3)10-16(15)32-4)21(27)17(35-23)11-14-7-9-18(34-14)26(29)30/h6-11,20H,5H2,1-4H3/b17-11-/t20-/m1/s1. The molecule has 1 aromatic carbocycles. The molecule has 0 unspecified atom stereocenters. The Morgan fingerprint density at radius 2 is 2.06 bits per heavy atom. The first-order valence-corrected chi connectivity index (χ1v) is 11.3. The number of carbonyl (C=O) groups is 1. The molecule has 0 radical (unpaired) electrons. The minimum atomic E-state index is -0.890. The zero-order chi connectivity index (χ0) is 25.3. The molecular formula is C23H21N3O8S. The van der Waals surface area contributed by atoms with E-state index >= 15 is 0 Å². The lowest BCUT2D eigenvalue weighted by Gasteiger charge is -2.26. The van der Waals surface area contributed by atoms with Gasteiger partial charge in [0.1, 0.15) is 28.2 Å². The molecule has 0 aliphatic carbocycles. The largest absolute Gasteiger partial charge is 0.497 e. The van der Waals surface area contributed by atoms with E-state index < -0.39 is 28.4 Å². The molecule has 2 aromatic heterocycles. The van der Waals surface area contributed by atoms with E-state index in [1.807, 2.05) is 0 Å². The van der Waals surface area contributed by atoms with Gasteiger partial charge in [0.15, 0.2) is 4.80 Å². The SMILES string of the molecule is CCOC(=O)C1=C(C)N=c2s/c(=C\c3ccc([N+](=O)[O-])o3)c(=O)n2[C@@H]1c1ccc(OC)cc1OC. The first kappa shape index (κ1) is 24.0. The van der Waals surface area contributed by atoms with E-state index in [-0.39, 0.29) is 22.5 Å². The van der Waals surface area contributed by atoms with Crippen molar-refractivity contribution in [1.82, 2.24) is 4.57 Å². The number of hydrogen-bond acceptors (Lipinski definition) is 10. The number of furan rings is 1. The van der Waals surface area contributed by atoms with Crippen LogP contribution in [0.3, 0.4) is 0 Å². The van der Waals surface area contributed by atoms with Crippen LogP contribution in [0.2, 0.25) is 0 Å². The highest BCUT2D eigenvalue weighted by atomic mass is 32.1. The maximum absolute atomic E-state index is 13.6. The number of aromatic nitrogens is 1. The molecule has 0 N–H and O–H groups in total. The maximum Gasteiger partial charge on any atom is 0.433 e. The van der Waals surface area contributed by atoms with Crippen LogP contribution in [0.1, 0.15) is 31.2 Å². The molecule has 182 valence electrons. The summed E-state index contributed by atoms with van der Waals surface area (Å²) in [5.74, 6) is 0.0395. The summed E-state index contributed by atoms with van der Waals surface area (Å²) in [6.45, 7) is 3.50. The van der Waals surface area contributed by atoms with Gasteiger partial charge in [0.25, 0.3) is 5.56 Å². The Bertz CT molecular complexity index is 1530. The lowest BCUT2D eigenvalue weighted by molar-refractivity contribution is -0.402. The first-order chi connectivity index (χ1) is 16.8. The first-order valence-electron chi connectivity index (χ1n) is 10.4. The van der Waals surface area contributed by atoms with E-state index in [0.29, 0.717) is 27.6 Å². The second-order valence-electron chi connectivity index (χ2n) is 7.34. The van der Waals surface area contributed by atoms with Gasteiger partial charge in [-0.3, -0.25) is 19.5 Å². The Hall–Kier alpha value is -4.19. The van der Waals surface area contributed by atoms with Gasteiger partial charge in [-0.1, -0.05) is 11.3 Å². The number of nitrogens with zero attached hydrogens (tertiary/aromatic N) is 3. The Labute approximate surface area is 202 Å². The molecule has 3 aromatic rings. The zero-order valence-corrected chi connectivity index (χ0v) is 20.1. The smallest absolute Gasteiger partial charge is 0.433 e. The van der Waals surface area contributed by atoms with Crippen molar-refractivity contribution < 1.29 is 28.3 Å². The summed E-state index contributed by atoms with van der Waals surface area (Å²) in [5, 5.41) is 10.9. The summed E-state index contributed by atoms with van der Waals surface area (Å²) in [5.41, 5.74) is 0.674. The number of allylic oxidation sites excluding steroid dienone is 1. The Morgan fingerprint density at radius 3 is 2.69 bits per heavy atom. The van der Waals surface area contributed by atoms with Crippen LogP contribution < -0.4 is 24.4 Å². The van der Waals surface area contributed by atoms with E-state index in [4.69, 9.17) is 18.6 Å². The van der Waals surface area contributed by atoms with Gasteiger partial charge in [-0.05, 0) is 32.0 Å². The van der Waals surface area contributed by atoms with Gasteiger partial charge < -0.3 is 18.6 Å². The Kier molecular flexibility index (Phi) is 6.56. The van der Waals surface area contributed by atoms with Crippen LogP contribution >= 0.6 is 11.3 Å². The molecule has 12 heteroatoms. The molecule has 1 atom stereocenters. The van der Waals surface area contributed by atoms with Gasteiger partial charge in [0.05, 0.1) is 42.7 Å². The zero-order valence-electron chi connectivity index (χ0n) is 19.3. The predicted octanol–water partition coefficient (Wildman–Crippen LogP) is 2.32. The van der Waals surface area contributed by atoms with Crippen molar-refractivity contribution in [1.29, 1.82) is 0 Å². The summed E-state index contributed by atoms with van der Waals surface area (Å²) in [4.78, 5) is 41.7. The lowest BCUT2D eigenvalue weighted by Crippen LogP contribution is -2.40. The van der Waals surface area contributed by atoms with Crippen LogP contribution in [0.25, 0.3) is 6.08 Å². The summed E-state index contributed by atoms with van der Waals surface area (Å²) in [6.07, 6.45) is 1.41. The van der Waals surface area contributed by atoms with Crippen LogP contribution in [0.4, 0.5) is 5.88 Å². The van der Waals surface area contributed by atoms with Crippen molar-refractivity contribution in [2.24, 2.45) is 4.99 Å². The summed E-state index contributed by atoms with van der Waals surface area (Å²) in [7, 11) is 3.00.